The van der Waals surface area contributed by atoms with Crippen LogP contribution in [-0.4, -0.2) is 33.1 Å². The lowest BCUT2D eigenvalue weighted by Crippen LogP contribution is -2.21. The van der Waals surface area contributed by atoms with E-state index in [0.717, 1.165) is 5.69 Å². The van der Waals surface area contributed by atoms with E-state index < -0.39 is 6.61 Å². The number of para-hydroxylation sites is 1. The molecule has 7 nitrogen and oxygen atoms in total. The maximum atomic E-state index is 12.9. The van der Waals surface area contributed by atoms with E-state index in [1.54, 1.807) is 16.8 Å². The highest BCUT2D eigenvalue weighted by Gasteiger charge is 2.14. The fourth-order valence-electron chi connectivity index (χ4n) is 3.02. The van der Waals surface area contributed by atoms with Crippen LogP contribution in [0.4, 0.5) is 8.78 Å². The van der Waals surface area contributed by atoms with Gasteiger partial charge in [-0.05, 0) is 29.8 Å². The van der Waals surface area contributed by atoms with Gasteiger partial charge in [0.05, 0.1) is 25.5 Å². The molecule has 2 heterocycles. The van der Waals surface area contributed by atoms with E-state index in [-0.39, 0.29) is 23.6 Å². The number of hydrogen-bond acceptors (Lipinski definition) is 5. The van der Waals surface area contributed by atoms with E-state index in [1.165, 1.54) is 30.3 Å². The van der Waals surface area contributed by atoms with Gasteiger partial charge >= 0.3 is 6.61 Å². The third-order valence-corrected chi connectivity index (χ3v) is 4.35. The van der Waals surface area contributed by atoms with Crippen molar-refractivity contribution in [2.45, 2.75) is 13.2 Å². The molecule has 0 atom stereocenters. The molecule has 2 aromatic heterocycles. The van der Waals surface area contributed by atoms with Crippen molar-refractivity contribution in [1.29, 1.82) is 0 Å². The van der Waals surface area contributed by atoms with E-state index in [9.17, 15) is 13.6 Å². The van der Waals surface area contributed by atoms with Crippen molar-refractivity contribution in [2.75, 3.05) is 7.11 Å². The molecule has 0 radical (unpaired) electrons. The zero-order valence-corrected chi connectivity index (χ0v) is 15.3. The summed E-state index contributed by atoms with van der Waals surface area (Å²) in [4.78, 5) is 17.2. The number of nitrogens with zero attached hydrogens (tertiary/aromatic N) is 4. The molecule has 9 heteroatoms. The lowest BCUT2D eigenvalue weighted by Gasteiger charge is -2.12. The van der Waals surface area contributed by atoms with E-state index in [1.807, 2.05) is 30.3 Å². The van der Waals surface area contributed by atoms with Gasteiger partial charge < -0.3 is 9.47 Å². The molecule has 0 aliphatic carbocycles. The van der Waals surface area contributed by atoms with Crippen molar-refractivity contribution in [3.8, 4) is 17.2 Å². The Balaban J connectivity index is 1.67. The molecule has 4 aromatic rings. The van der Waals surface area contributed by atoms with Gasteiger partial charge in [-0.25, -0.2) is 9.67 Å². The molecule has 0 saturated carbocycles. The SMILES string of the molecule is COc1cc(Cn2cnc3c(cnn3-c3ccccc3)c2=O)ccc1OC(F)F. The lowest BCUT2D eigenvalue weighted by atomic mass is 10.2. The molecule has 0 spiro atoms. The zero-order valence-electron chi connectivity index (χ0n) is 15.3. The Morgan fingerprint density at radius 2 is 1.90 bits per heavy atom. The molecule has 0 fully saturated rings. The summed E-state index contributed by atoms with van der Waals surface area (Å²) >= 11 is 0. The van der Waals surface area contributed by atoms with Gasteiger partial charge in [0.2, 0.25) is 0 Å². The Bertz CT molecular complexity index is 1210. The minimum atomic E-state index is -2.95. The van der Waals surface area contributed by atoms with Crippen molar-refractivity contribution >= 4 is 11.0 Å². The van der Waals surface area contributed by atoms with Crippen molar-refractivity contribution in [1.82, 2.24) is 19.3 Å². The first kappa shape index (κ1) is 18.6. The highest BCUT2D eigenvalue weighted by molar-refractivity contribution is 5.74. The molecule has 0 N–H and O–H groups in total. The van der Waals surface area contributed by atoms with Gasteiger partial charge in [-0.15, -0.1) is 0 Å². The summed E-state index contributed by atoms with van der Waals surface area (Å²) in [5, 5.41) is 4.65. The molecule has 29 heavy (non-hydrogen) atoms. The fourth-order valence-corrected chi connectivity index (χ4v) is 3.02. The average molecular weight is 398 g/mol. The second-order valence-electron chi connectivity index (χ2n) is 6.17. The standard InChI is InChI=1S/C20H16F2N4O3/c1-28-17-9-13(7-8-16(17)29-20(21)22)11-25-12-23-18-15(19(25)27)10-24-26(18)14-5-3-2-4-6-14/h2-10,12,20H,11H2,1H3. The van der Waals surface area contributed by atoms with Crippen LogP contribution in [0, 0.1) is 0 Å². The van der Waals surface area contributed by atoms with Crippen LogP contribution in [0.2, 0.25) is 0 Å². The number of rotatable bonds is 6. The third kappa shape index (κ3) is 3.66. The van der Waals surface area contributed by atoms with Crippen molar-refractivity contribution < 1.29 is 18.3 Å². The predicted molar refractivity (Wildman–Crippen MR) is 102 cm³/mol. The number of fused-ring (bicyclic) bond motifs is 1. The number of hydrogen-bond donors (Lipinski definition) is 0. The lowest BCUT2D eigenvalue weighted by molar-refractivity contribution is -0.0512. The summed E-state index contributed by atoms with van der Waals surface area (Å²) in [5.41, 5.74) is 1.66. The van der Waals surface area contributed by atoms with E-state index in [4.69, 9.17) is 4.74 Å². The normalized spacial score (nSPS) is 11.2. The van der Waals surface area contributed by atoms with Gasteiger partial charge in [0, 0.05) is 0 Å². The Labute approximate surface area is 163 Å². The smallest absolute Gasteiger partial charge is 0.387 e. The van der Waals surface area contributed by atoms with Crippen LogP contribution in [0.1, 0.15) is 5.56 Å². The highest BCUT2D eigenvalue weighted by atomic mass is 19.3. The van der Waals surface area contributed by atoms with Crippen LogP contribution >= 0.6 is 0 Å². The summed E-state index contributed by atoms with van der Waals surface area (Å²) in [5.74, 6) is 0.0816. The second kappa shape index (κ2) is 7.70. The Kier molecular flexibility index (Phi) is 4.94. The molecule has 0 amide bonds. The Hall–Kier alpha value is -3.75. The van der Waals surface area contributed by atoms with Gasteiger partial charge in [0.25, 0.3) is 5.56 Å². The molecular weight excluding hydrogens is 382 g/mol. The molecule has 4 rings (SSSR count). The average Bonchev–Trinajstić information content (AvgIpc) is 3.16. The predicted octanol–water partition coefficient (Wildman–Crippen LogP) is 3.24. The molecule has 0 saturated heterocycles. The van der Waals surface area contributed by atoms with E-state index in [0.29, 0.717) is 16.6 Å². The monoisotopic (exact) mass is 398 g/mol. The minimum Gasteiger partial charge on any atom is -0.493 e. The number of aromatic nitrogens is 4. The summed E-state index contributed by atoms with van der Waals surface area (Å²) < 4.78 is 37.5. The topological polar surface area (TPSA) is 71.2 Å². The maximum Gasteiger partial charge on any atom is 0.387 e. The number of halogens is 2. The second-order valence-corrected chi connectivity index (χ2v) is 6.17. The summed E-state index contributed by atoms with van der Waals surface area (Å²) in [6.45, 7) is -2.77. The summed E-state index contributed by atoms with van der Waals surface area (Å²) in [6, 6.07) is 13.9. The maximum absolute atomic E-state index is 12.9. The Morgan fingerprint density at radius 1 is 1.10 bits per heavy atom. The van der Waals surface area contributed by atoms with Gasteiger partial charge in [0.1, 0.15) is 11.7 Å². The molecule has 2 aromatic carbocycles. The molecular formula is C20H16F2N4O3. The summed E-state index contributed by atoms with van der Waals surface area (Å²) in [6.07, 6.45) is 2.91. The van der Waals surface area contributed by atoms with E-state index >= 15 is 0 Å². The van der Waals surface area contributed by atoms with Crippen LogP contribution in [0.5, 0.6) is 11.5 Å². The van der Waals surface area contributed by atoms with Crippen molar-refractivity contribution in [2.24, 2.45) is 0 Å². The fraction of sp³-hybridized carbons (Fsp3) is 0.150. The van der Waals surface area contributed by atoms with Gasteiger partial charge in [-0.3, -0.25) is 9.36 Å². The number of alkyl halides is 2. The van der Waals surface area contributed by atoms with Crippen molar-refractivity contribution in [3.63, 3.8) is 0 Å². The third-order valence-electron chi connectivity index (χ3n) is 4.35. The van der Waals surface area contributed by atoms with Crippen LogP contribution in [0.3, 0.4) is 0 Å². The number of ether oxygens (including phenoxy) is 2. The molecule has 0 aliphatic rings. The zero-order chi connectivity index (χ0) is 20.4. The highest BCUT2D eigenvalue weighted by Crippen LogP contribution is 2.29. The van der Waals surface area contributed by atoms with Crippen LogP contribution < -0.4 is 15.0 Å². The number of methoxy groups -OCH3 is 1. The van der Waals surface area contributed by atoms with Crippen LogP contribution in [0.25, 0.3) is 16.7 Å². The Morgan fingerprint density at radius 3 is 2.62 bits per heavy atom. The van der Waals surface area contributed by atoms with Gasteiger partial charge in [-0.2, -0.15) is 13.9 Å². The quantitative estimate of drug-likeness (QED) is 0.499. The van der Waals surface area contributed by atoms with Crippen LogP contribution in [-0.2, 0) is 6.54 Å². The summed E-state index contributed by atoms with van der Waals surface area (Å²) in [7, 11) is 1.36. The van der Waals surface area contributed by atoms with Crippen molar-refractivity contribution in [3.05, 3.63) is 77.0 Å². The molecule has 0 aliphatic heterocycles. The first-order chi connectivity index (χ1) is 14.1. The largest absolute Gasteiger partial charge is 0.493 e. The molecule has 0 bridgehead atoms. The van der Waals surface area contributed by atoms with E-state index in [2.05, 4.69) is 14.8 Å². The molecule has 0 unspecified atom stereocenters. The van der Waals surface area contributed by atoms with Crippen LogP contribution in [0.15, 0.2) is 65.8 Å². The first-order valence-electron chi connectivity index (χ1n) is 8.67. The molecule has 148 valence electrons. The minimum absolute atomic E-state index is 0.0729. The number of benzene rings is 2. The van der Waals surface area contributed by atoms with Gasteiger partial charge in [-0.1, -0.05) is 24.3 Å². The van der Waals surface area contributed by atoms with Gasteiger partial charge in [0.15, 0.2) is 17.1 Å². The first-order valence-corrected chi connectivity index (χ1v) is 8.67.